The summed E-state index contributed by atoms with van der Waals surface area (Å²) < 4.78 is 29.2. The van der Waals surface area contributed by atoms with Crippen molar-refractivity contribution in [3.8, 4) is 0 Å². The van der Waals surface area contributed by atoms with Gasteiger partial charge in [-0.25, -0.2) is 13.1 Å². The molecule has 6 heteroatoms. The van der Waals surface area contributed by atoms with Gasteiger partial charge in [-0.1, -0.05) is 53.2 Å². The molecule has 0 heterocycles. The van der Waals surface area contributed by atoms with Gasteiger partial charge in [0.15, 0.2) is 0 Å². The number of hydrogen-bond donors (Lipinski definition) is 1. The van der Waals surface area contributed by atoms with Crippen LogP contribution in [0.5, 0.6) is 0 Å². The molecule has 0 saturated heterocycles. The maximum atomic E-state index is 12.6. The maximum Gasteiger partial charge on any atom is 0.242 e. The Kier molecular flexibility index (Phi) is 5.60. The predicted molar refractivity (Wildman–Crippen MR) is 91.6 cm³/mol. The van der Waals surface area contributed by atoms with Crippen LogP contribution in [0.1, 0.15) is 24.9 Å². The number of sulfonamides is 1. The Morgan fingerprint density at radius 1 is 1.10 bits per heavy atom. The standard InChI is InChI=1S/C15H15Br2NO2S/c1-2-14(11-6-4-3-5-7-11)18-21(19,20)15-9-8-12(16)10-13(15)17/h3-10,14,18H,2H2,1H3. The van der Waals surface area contributed by atoms with E-state index in [-0.39, 0.29) is 10.9 Å². The maximum absolute atomic E-state index is 12.6. The van der Waals surface area contributed by atoms with Crippen LogP contribution < -0.4 is 4.72 Å². The highest BCUT2D eigenvalue weighted by Gasteiger charge is 2.22. The van der Waals surface area contributed by atoms with Gasteiger partial charge in [0.2, 0.25) is 10.0 Å². The van der Waals surface area contributed by atoms with E-state index in [0.29, 0.717) is 10.9 Å². The third kappa shape index (κ3) is 4.16. The lowest BCUT2D eigenvalue weighted by atomic mass is 10.1. The molecule has 0 aliphatic heterocycles. The van der Waals surface area contributed by atoms with Crippen LogP contribution in [-0.2, 0) is 10.0 Å². The van der Waals surface area contributed by atoms with Gasteiger partial charge >= 0.3 is 0 Å². The molecule has 0 aromatic heterocycles. The zero-order valence-corrected chi connectivity index (χ0v) is 15.4. The van der Waals surface area contributed by atoms with E-state index >= 15 is 0 Å². The van der Waals surface area contributed by atoms with Crippen molar-refractivity contribution < 1.29 is 8.42 Å². The van der Waals surface area contributed by atoms with Crippen LogP contribution in [0.15, 0.2) is 62.4 Å². The monoisotopic (exact) mass is 431 g/mol. The van der Waals surface area contributed by atoms with E-state index in [4.69, 9.17) is 0 Å². The van der Waals surface area contributed by atoms with Crippen molar-refractivity contribution in [3.63, 3.8) is 0 Å². The fourth-order valence-corrected chi connectivity index (χ4v) is 5.07. The summed E-state index contributed by atoms with van der Waals surface area (Å²) in [6.07, 6.45) is 0.678. The third-order valence-electron chi connectivity index (χ3n) is 3.09. The van der Waals surface area contributed by atoms with Crippen molar-refractivity contribution >= 4 is 41.9 Å². The quantitative estimate of drug-likeness (QED) is 0.747. The number of halogens is 2. The molecule has 0 fully saturated rings. The molecule has 21 heavy (non-hydrogen) atoms. The van der Waals surface area contributed by atoms with Gasteiger partial charge in [-0.3, -0.25) is 0 Å². The van der Waals surface area contributed by atoms with E-state index < -0.39 is 10.0 Å². The van der Waals surface area contributed by atoms with Crippen LogP contribution in [0.25, 0.3) is 0 Å². The van der Waals surface area contributed by atoms with Gasteiger partial charge in [-0.05, 0) is 46.1 Å². The minimum absolute atomic E-state index is 0.236. The number of rotatable bonds is 5. The molecule has 0 radical (unpaired) electrons. The Labute approximate surface area is 142 Å². The lowest BCUT2D eigenvalue weighted by Gasteiger charge is -2.18. The molecule has 2 rings (SSSR count). The highest BCUT2D eigenvalue weighted by Crippen LogP contribution is 2.27. The van der Waals surface area contributed by atoms with Gasteiger partial charge < -0.3 is 0 Å². The lowest BCUT2D eigenvalue weighted by molar-refractivity contribution is 0.549. The molecule has 1 N–H and O–H groups in total. The zero-order chi connectivity index (χ0) is 15.5. The Bertz CT molecular complexity index is 718. The molecule has 2 aromatic carbocycles. The van der Waals surface area contributed by atoms with E-state index in [1.54, 1.807) is 18.2 Å². The molecular weight excluding hydrogens is 418 g/mol. The number of benzene rings is 2. The molecular formula is C15H15Br2NO2S. The van der Waals surface area contributed by atoms with E-state index in [2.05, 4.69) is 36.6 Å². The minimum Gasteiger partial charge on any atom is -0.207 e. The van der Waals surface area contributed by atoms with Gasteiger partial charge in [0.05, 0.1) is 4.90 Å². The summed E-state index contributed by atoms with van der Waals surface area (Å²) in [6.45, 7) is 1.96. The Morgan fingerprint density at radius 2 is 1.76 bits per heavy atom. The van der Waals surface area contributed by atoms with Gasteiger partial charge in [-0.2, -0.15) is 0 Å². The fraction of sp³-hybridized carbons (Fsp3) is 0.200. The summed E-state index contributed by atoms with van der Waals surface area (Å²) in [4.78, 5) is 0.236. The lowest BCUT2D eigenvalue weighted by Crippen LogP contribution is -2.28. The van der Waals surface area contributed by atoms with Crippen molar-refractivity contribution in [2.24, 2.45) is 0 Å². The van der Waals surface area contributed by atoms with Gasteiger partial charge in [0.25, 0.3) is 0 Å². The summed E-state index contributed by atoms with van der Waals surface area (Å²) >= 11 is 6.62. The fourth-order valence-electron chi connectivity index (χ4n) is 2.02. The van der Waals surface area contributed by atoms with Gasteiger partial charge in [-0.15, -0.1) is 0 Å². The molecule has 3 nitrogen and oxygen atoms in total. The second-order valence-corrected chi connectivity index (χ2v) is 8.02. The Morgan fingerprint density at radius 3 is 2.33 bits per heavy atom. The normalized spacial score (nSPS) is 13.1. The average Bonchev–Trinajstić information content (AvgIpc) is 2.45. The molecule has 0 saturated carbocycles. The van der Waals surface area contributed by atoms with E-state index in [0.717, 1.165) is 10.0 Å². The van der Waals surface area contributed by atoms with Crippen molar-refractivity contribution in [1.82, 2.24) is 4.72 Å². The van der Waals surface area contributed by atoms with Crippen LogP contribution in [-0.4, -0.2) is 8.42 Å². The third-order valence-corrected chi connectivity index (χ3v) is 6.03. The highest BCUT2D eigenvalue weighted by atomic mass is 79.9. The SMILES string of the molecule is CCC(NS(=O)(=O)c1ccc(Br)cc1Br)c1ccccc1. The molecule has 112 valence electrons. The molecule has 0 aliphatic carbocycles. The Hall–Kier alpha value is -0.690. The highest BCUT2D eigenvalue weighted by molar-refractivity contribution is 9.11. The van der Waals surface area contributed by atoms with E-state index in [1.165, 1.54) is 0 Å². The first-order valence-electron chi connectivity index (χ1n) is 6.46. The first kappa shape index (κ1) is 16.7. The van der Waals surface area contributed by atoms with Crippen LogP contribution in [0.3, 0.4) is 0 Å². The van der Waals surface area contributed by atoms with Crippen molar-refractivity contribution in [2.75, 3.05) is 0 Å². The molecule has 2 aromatic rings. The van der Waals surface area contributed by atoms with Crippen molar-refractivity contribution in [1.29, 1.82) is 0 Å². The summed E-state index contributed by atoms with van der Waals surface area (Å²) in [5.41, 5.74) is 0.955. The van der Waals surface area contributed by atoms with Crippen molar-refractivity contribution in [3.05, 3.63) is 63.0 Å². The molecule has 0 aliphatic rings. The van der Waals surface area contributed by atoms with Gasteiger partial charge in [0.1, 0.15) is 0 Å². The van der Waals surface area contributed by atoms with Crippen LogP contribution >= 0.6 is 31.9 Å². The first-order valence-corrected chi connectivity index (χ1v) is 9.53. The molecule has 0 spiro atoms. The van der Waals surface area contributed by atoms with Gasteiger partial charge in [0, 0.05) is 15.0 Å². The summed E-state index contributed by atoms with van der Waals surface area (Å²) in [5.74, 6) is 0. The van der Waals surface area contributed by atoms with Crippen LogP contribution in [0.4, 0.5) is 0 Å². The smallest absolute Gasteiger partial charge is 0.207 e. The largest absolute Gasteiger partial charge is 0.242 e. The molecule has 1 unspecified atom stereocenters. The van der Waals surface area contributed by atoms with E-state index in [1.807, 2.05) is 37.3 Å². The molecule has 0 bridgehead atoms. The minimum atomic E-state index is -3.58. The second kappa shape index (κ2) is 7.05. The topological polar surface area (TPSA) is 46.2 Å². The Balaban J connectivity index is 2.32. The number of nitrogens with one attached hydrogen (secondary N) is 1. The first-order chi connectivity index (χ1) is 9.94. The van der Waals surface area contributed by atoms with Crippen LogP contribution in [0, 0.1) is 0 Å². The predicted octanol–water partition coefficient (Wildman–Crippen LogP) is 4.64. The molecule has 1 atom stereocenters. The summed E-state index contributed by atoms with van der Waals surface area (Å²) in [5, 5.41) is 0. The average molecular weight is 433 g/mol. The van der Waals surface area contributed by atoms with Crippen LogP contribution in [0.2, 0.25) is 0 Å². The second-order valence-electron chi connectivity index (χ2n) is 4.57. The van der Waals surface area contributed by atoms with E-state index in [9.17, 15) is 8.42 Å². The summed E-state index contributed by atoms with van der Waals surface area (Å²) in [7, 11) is -3.58. The van der Waals surface area contributed by atoms with Crippen molar-refractivity contribution in [2.45, 2.75) is 24.3 Å². The molecule has 0 amide bonds. The summed E-state index contributed by atoms with van der Waals surface area (Å²) in [6, 6.07) is 14.3. The zero-order valence-electron chi connectivity index (χ0n) is 11.4. The number of hydrogen-bond acceptors (Lipinski definition) is 2.